The molecule has 7 nitrogen and oxygen atoms in total. The van der Waals surface area contributed by atoms with Gasteiger partial charge in [-0.3, -0.25) is 9.59 Å². The Hall–Kier alpha value is -2.57. The zero-order valence-electron chi connectivity index (χ0n) is 13.0. The molecule has 0 radical (unpaired) electrons. The van der Waals surface area contributed by atoms with Crippen LogP contribution in [0, 0.1) is 0 Å². The first-order valence-corrected chi connectivity index (χ1v) is 6.90. The molecule has 22 heavy (non-hydrogen) atoms. The second kappa shape index (κ2) is 9.38. The number of hydrogen-bond donors (Lipinski definition) is 2. The number of nitrogens with one attached hydrogen (secondary N) is 2. The average Bonchev–Trinajstić information content (AvgIpc) is 2.51. The molecular weight excluding hydrogens is 286 g/mol. The molecule has 0 saturated carbocycles. The van der Waals surface area contributed by atoms with Crippen LogP contribution in [0.2, 0.25) is 0 Å². The summed E-state index contributed by atoms with van der Waals surface area (Å²) < 4.78 is 9.83. The van der Waals surface area contributed by atoms with Gasteiger partial charge in [0.25, 0.3) is 5.91 Å². The summed E-state index contributed by atoms with van der Waals surface area (Å²) in [6.07, 6.45) is 0.0556. The largest absolute Gasteiger partial charge is 0.497 e. The number of methoxy groups -OCH3 is 1. The molecule has 1 amide bonds. The molecular formula is C15H21N3O4. The lowest BCUT2D eigenvalue weighted by molar-refractivity contribution is -0.141. The third-order valence-corrected chi connectivity index (χ3v) is 2.62. The third-order valence-electron chi connectivity index (χ3n) is 2.62. The van der Waals surface area contributed by atoms with Gasteiger partial charge in [-0.1, -0.05) is 0 Å². The summed E-state index contributed by atoms with van der Waals surface area (Å²) in [4.78, 5) is 22.9. The summed E-state index contributed by atoms with van der Waals surface area (Å²) >= 11 is 0. The molecule has 0 bridgehead atoms. The zero-order chi connectivity index (χ0) is 16.4. The normalized spacial score (nSPS) is 10.8. The highest BCUT2D eigenvalue weighted by Crippen LogP contribution is 2.14. The molecule has 1 rings (SSSR count). The van der Waals surface area contributed by atoms with Crippen molar-refractivity contribution in [2.24, 2.45) is 5.10 Å². The number of nitrogens with zero attached hydrogens (tertiary/aromatic N) is 1. The maximum atomic E-state index is 11.6. The number of carbonyl (C=O) groups excluding carboxylic acids is 2. The number of carbonyl (C=O) groups is 2. The Morgan fingerprint density at radius 1 is 1.23 bits per heavy atom. The van der Waals surface area contributed by atoms with Crippen LogP contribution in [-0.4, -0.2) is 37.8 Å². The van der Waals surface area contributed by atoms with Gasteiger partial charge in [0.15, 0.2) is 0 Å². The van der Waals surface area contributed by atoms with Gasteiger partial charge in [-0.15, -0.1) is 0 Å². The number of hydrazone groups is 1. The first kappa shape index (κ1) is 17.5. The Balaban J connectivity index is 2.34. The van der Waals surface area contributed by atoms with Crippen molar-refractivity contribution >= 4 is 23.3 Å². The summed E-state index contributed by atoms with van der Waals surface area (Å²) in [5.74, 6) is 0.0718. The topological polar surface area (TPSA) is 89.0 Å². The molecule has 0 unspecified atom stereocenters. The highest BCUT2D eigenvalue weighted by atomic mass is 16.5. The number of hydrogen-bond acceptors (Lipinski definition) is 6. The highest BCUT2D eigenvalue weighted by molar-refractivity contribution is 5.98. The van der Waals surface area contributed by atoms with Crippen LogP contribution in [0.5, 0.6) is 5.75 Å². The van der Waals surface area contributed by atoms with Crippen LogP contribution >= 0.6 is 0 Å². The minimum absolute atomic E-state index is 0.0556. The van der Waals surface area contributed by atoms with Gasteiger partial charge in [0, 0.05) is 11.4 Å². The minimum Gasteiger partial charge on any atom is -0.497 e. The zero-order valence-corrected chi connectivity index (χ0v) is 13.0. The van der Waals surface area contributed by atoms with Gasteiger partial charge in [-0.25, -0.2) is 5.43 Å². The lowest BCUT2D eigenvalue weighted by Crippen LogP contribution is -2.27. The van der Waals surface area contributed by atoms with E-state index in [2.05, 4.69) is 15.8 Å². The Kier molecular flexibility index (Phi) is 7.45. The first-order chi connectivity index (χ1) is 10.5. The fourth-order valence-electron chi connectivity index (χ4n) is 1.55. The maximum absolute atomic E-state index is 11.6. The smallest absolute Gasteiger partial charge is 0.311 e. The molecule has 1 aromatic rings. The molecule has 7 heteroatoms. The SMILES string of the molecule is CCOC(=O)CC(C)=NNC(=O)CNc1ccc(OC)cc1. The molecule has 0 spiro atoms. The molecule has 1 aromatic carbocycles. The Morgan fingerprint density at radius 2 is 1.91 bits per heavy atom. The molecule has 120 valence electrons. The Labute approximate surface area is 129 Å². The summed E-state index contributed by atoms with van der Waals surface area (Å²) in [6.45, 7) is 3.78. The molecule has 0 atom stereocenters. The van der Waals surface area contributed by atoms with Gasteiger partial charge < -0.3 is 14.8 Å². The van der Waals surface area contributed by atoms with E-state index in [0.29, 0.717) is 12.3 Å². The number of rotatable bonds is 8. The van der Waals surface area contributed by atoms with Gasteiger partial charge in [-0.05, 0) is 38.1 Å². The summed E-state index contributed by atoms with van der Waals surface area (Å²) in [5, 5.41) is 6.79. The van der Waals surface area contributed by atoms with E-state index in [9.17, 15) is 9.59 Å². The monoisotopic (exact) mass is 307 g/mol. The van der Waals surface area contributed by atoms with Crippen molar-refractivity contribution < 1.29 is 19.1 Å². The fraction of sp³-hybridized carbons (Fsp3) is 0.400. The number of benzene rings is 1. The van der Waals surface area contributed by atoms with Gasteiger partial charge >= 0.3 is 5.97 Å². The van der Waals surface area contributed by atoms with Crippen LogP contribution < -0.4 is 15.5 Å². The molecule has 0 heterocycles. The van der Waals surface area contributed by atoms with Crippen molar-refractivity contribution in [2.75, 3.05) is 25.6 Å². The molecule has 0 saturated heterocycles. The standard InChI is InChI=1S/C15H21N3O4/c1-4-22-15(20)9-11(2)17-18-14(19)10-16-12-5-7-13(21-3)8-6-12/h5-8,16H,4,9-10H2,1-3H3,(H,18,19). The second-order valence-electron chi connectivity index (χ2n) is 4.45. The van der Waals surface area contributed by atoms with Crippen LogP contribution in [0.3, 0.4) is 0 Å². The van der Waals surface area contributed by atoms with Crippen molar-refractivity contribution in [3.63, 3.8) is 0 Å². The number of amides is 1. The molecule has 0 aliphatic carbocycles. The summed E-state index contributed by atoms with van der Waals surface area (Å²) in [6, 6.07) is 7.20. The van der Waals surface area contributed by atoms with E-state index >= 15 is 0 Å². The van der Waals surface area contributed by atoms with Crippen LogP contribution in [-0.2, 0) is 14.3 Å². The Bertz CT molecular complexity index is 526. The van der Waals surface area contributed by atoms with Crippen LogP contribution in [0.25, 0.3) is 0 Å². The van der Waals surface area contributed by atoms with E-state index in [-0.39, 0.29) is 24.8 Å². The molecule has 0 fully saturated rings. The third kappa shape index (κ3) is 6.74. The predicted molar refractivity (Wildman–Crippen MR) is 84.0 cm³/mol. The van der Waals surface area contributed by atoms with E-state index in [1.807, 2.05) is 0 Å². The lowest BCUT2D eigenvalue weighted by atomic mass is 10.3. The van der Waals surface area contributed by atoms with Crippen LogP contribution in [0.15, 0.2) is 29.4 Å². The molecule has 0 aliphatic heterocycles. The highest BCUT2D eigenvalue weighted by Gasteiger charge is 2.05. The number of esters is 1. The lowest BCUT2D eigenvalue weighted by Gasteiger charge is -2.07. The quantitative estimate of drug-likeness (QED) is 0.432. The number of ether oxygens (including phenoxy) is 2. The first-order valence-electron chi connectivity index (χ1n) is 6.90. The van der Waals surface area contributed by atoms with E-state index < -0.39 is 0 Å². The second-order valence-corrected chi connectivity index (χ2v) is 4.45. The van der Waals surface area contributed by atoms with E-state index in [1.165, 1.54) is 0 Å². The minimum atomic E-state index is -0.366. The van der Waals surface area contributed by atoms with Gasteiger partial charge in [0.1, 0.15) is 5.75 Å². The average molecular weight is 307 g/mol. The van der Waals surface area contributed by atoms with Crippen molar-refractivity contribution in [3.8, 4) is 5.75 Å². The van der Waals surface area contributed by atoms with Gasteiger partial charge in [0.2, 0.25) is 0 Å². The van der Waals surface area contributed by atoms with E-state index in [0.717, 1.165) is 11.4 Å². The molecule has 2 N–H and O–H groups in total. The van der Waals surface area contributed by atoms with Crippen molar-refractivity contribution in [1.29, 1.82) is 0 Å². The maximum Gasteiger partial charge on any atom is 0.311 e. The predicted octanol–water partition coefficient (Wildman–Crippen LogP) is 1.55. The van der Waals surface area contributed by atoms with Crippen LogP contribution in [0.4, 0.5) is 5.69 Å². The van der Waals surface area contributed by atoms with Gasteiger partial charge in [0.05, 0.1) is 26.7 Å². The van der Waals surface area contributed by atoms with Crippen LogP contribution in [0.1, 0.15) is 20.3 Å². The van der Waals surface area contributed by atoms with Crippen molar-refractivity contribution in [3.05, 3.63) is 24.3 Å². The molecule has 0 aliphatic rings. The fourth-order valence-corrected chi connectivity index (χ4v) is 1.55. The molecule has 0 aromatic heterocycles. The van der Waals surface area contributed by atoms with E-state index in [4.69, 9.17) is 9.47 Å². The van der Waals surface area contributed by atoms with E-state index in [1.54, 1.807) is 45.2 Å². The van der Waals surface area contributed by atoms with Gasteiger partial charge in [-0.2, -0.15) is 5.10 Å². The summed E-state index contributed by atoms with van der Waals surface area (Å²) in [7, 11) is 1.59. The summed E-state index contributed by atoms with van der Waals surface area (Å²) in [5.41, 5.74) is 3.65. The Morgan fingerprint density at radius 3 is 2.50 bits per heavy atom. The number of anilines is 1. The van der Waals surface area contributed by atoms with Crippen molar-refractivity contribution in [2.45, 2.75) is 20.3 Å². The van der Waals surface area contributed by atoms with Crippen molar-refractivity contribution in [1.82, 2.24) is 5.43 Å².